The highest BCUT2D eigenvalue weighted by molar-refractivity contribution is 6.74. The van der Waals surface area contributed by atoms with Crippen LogP contribution in [0.2, 0.25) is 0 Å². The highest BCUT2D eigenvalue weighted by atomic mass is 28.2. The summed E-state index contributed by atoms with van der Waals surface area (Å²) in [6.45, 7) is 0. The van der Waals surface area contributed by atoms with Crippen molar-refractivity contribution >= 4 is 58.9 Å². The van der Waals surface area contributed by atoms with Crippen molar-refractivity contribution in [2.24, 2.45) is 0 Å². The Kier molecular flexibility index (Phi) is 6.03. The summed E-state index contributed by atoms with van der Waals surface area (Å²) in [6.07, 6.45) is 0. The molecule has 0 aliphatic carbocycles. The quantitative estimate of drug-likeness (QED) is 0.186. The van der Waals surface area contributed by atoms with E-state index in [9.17, 15) is 0 Å². The van der Waals surface area contributed by atoms with Gasteiger partial charge in [0.05, 0.1) is 0 Å². The first kappa shape index (κ1) is 25.8. The van der Waals surface area contributed by atoms with Crippen LogP contribution >= 0.6 is 0 Å². The number of nitrogens with zero attached hydrogens (tertiary/aromatic N) is 1. The fraction of sp³-hybridized carbons (Fsp3) is 0. The van der Waals surface area contributed by atoms with Crippen molar-refractivity contribution in [2.45, 2.75) is 0 Å². The highest BCUT2D eigenvalue weighted by Crippen LogP contribution is 2.41. The van der Waals surface area contributed by atoms with Crippen molar-refractivity contribution in [3.05, 3.63) is 164 Å². The minimum atomic E-state index is 0.610. The van der Waals surface area contributed by atoms with Crippen molar-refractivity contribution in [3.8, 4) is 33.4 Å². The molecular weight excluding hydrogens is 563 g/mol. The Morgan fingerprint density at radius 1 is 0.422 bits per heavy atom. The van der Waals surface area contributed by atoms with E-state index in [4.69, 9.17) is 4.42 Å². The third kappa shape index (κ3) is 4.40. The third-order valence-electron chi connectivity index (χ3n) is 8.81. The average molecular weight is 590 g/mol. The lowest BCUT2D eigenvalue weighted by molar-refractivity contribution is 0.670. The van der Waals surface area contributed by atoms with Crippen LogP contribution in [0.1, 0.15) is 0 Å². The molecule has 0 bridgehead atoms. The summed E-state index contributed by atoms with van der Waals surface area (Å²) in [5, 5.41) is 5.05. The molecule has 0 amide bonds. The summed E-state index contributed by atoms with van der Waals surface area (Å²) in [5.41, 5.74) is 12.6. The van der Waals surface area contributed by atoms with Gasteiger partial charge in [-0.05, 0) is 75.5 Å². The van der Waals surface area contributed by atoms with Gasteiger partial charge >= 0.3 is 0 Å². The van der Waals surface area contributed by atoms with Gasteiger partial charge in [0, 0.05) is 33.4 Å². The molecular formula is C42H27NOSi. The van der Waals surface area contributed by atoms with E-state index < -0.39 is 0 Å². The van der Waals surface area contributed by atoms with Crippen LogP contribution in [-0.2, 0) is 0 Å². The molecule has 1 aromatic heterocycles. The molecule has 0 saturated carbocycles. The molecule has 2 radical (unpaired) electrons. The Balaban J connectivity index is 1.19. The first-order valence-corrected chi connectivity index (χ1v) is 16.3. The van der Waals surface area contributed by atoms with Crippen molar-refractivity contribution in [1.29, 1.82) is 0 Å². The van der Waals surface area contributed by atoms with Crippen LogP contribution in [0.25, 0.3) is 55.3 Å². The Hall–Kier alpha value is -5.64. The molecule has 0 saturated heterocycles. The van der Waals surface area contributed by atoms with E-state index in [0.29, 0.717) is 9.52 Å². The molecule has 8 aromatic rings. The maximum Gasteiger partial charge on any atom is 0.143 e. The van der Waals surface area contributed by atoms with Crippen LogP contribution in [0.4, 0.5) is 17.1 Å². The molecule has 0 fully saturated rings. The second kappa shape index (κ2) is 10.5. The van der Waals surface area contributed by atoms with Crippen LogP contribution in [0.3, 0.4) is 0 Å². The van der Waals surface area contributed by atoms with Gasteiger partial charge in [-0.2, -0.15) is 0 Å². The van der Waals surface area contributed by atoms with Gasteiger partial charge in [0.15, 0.2) is 0 Å². The van der Waals surface area contributed by atoms with Gasteiger partial charge in [-0.15, -0.1) is 0 Å². The molecule has 210 valence electrons. The number of hydrogen-bond acceptors (Lipinski definition) is 2. The molecule has 7 aromatic carbocycles. The zero-order valence-corrected chi connectivity index (χ0v) is 25.4. The summed E-state index contributed by atoms with van der Waals surface area (Å²) in [5.74, 6) is 0. The predicted octanol–water partition coefficient (Wildman–Crippen LogP) is 10.0. The molecule has 2 nitrogen and oxygen atoms in total. The number of anilines is 3. The predicted molar refractivity (Wildman–Crippen MR) is 190 cm³/mol. The fourth-order valence-electron chi connectivity index (χ4n) is 6.61. The second-order valence-electron chi connectivity index (χ2n) is 11.5. The molecule has 0 spiro atoms. The van der Waals surface area contributed by atoms with Crippen LogP contribution < -0.4 is 15.3 Å². The lowest BCUT2D eigenvalue weighted by Crippen LogP contribution is -2.20. The van der Waals surface area contributed by atoms with E-state index >= 15 is 0 Å². The molecule has 9 rings (SSSR count). The maximum absolute atomic E-state index is 6.52. The van der Waals surface area contributed by atoms with Gasteiger partial charge in [-0.1, -0.05) is 127 Å². The number of rotatable bonds is 5. The Morgan fingerprint density at radius 2 is 0.956 bits per heavy atom. The van der Waals surface area contributed by atoms with Crippen molar-refractivity contribution in [3.63, 3.8) is 0 Å². The summed E-state index contributed by atoms with van der Waals surface area (Å²) in [6, 6.07) is 58.7. The molecule has 1 aliphatic heterocycles. The molecule has 0 N–H and O–H groups in total. The zero-order chi connectivity index (χ0) is 29.7. The standard InChI is InChI=1S/C42H27NOSi/c1-3-9-28(10-4-1)30-15-19-32(20-16-30)43(33-21-17-31(18-22-33)29-11-5-2-6-12-29)34-23-25-39-37(27-34)41-40(45-39)26-24-36-35-13-7-8-14-38(35)44-42(36)41/h1-27H. The van der Waals surface area contributed by atoms with Crippen LogP contribution in [0.15, 0.2) is 168 Å². The van der Waals surface area contributed by atoms with Gasteiger partial charge in [0.25, 0.3) is 0 Å². The van der Waals surface area contributed by atoms with Crippen LogP contribution in [0.5, 0.6) is 0 Å². The van der Waals surface area contributed by atoms with E-state index in [-0.39, 0.29) is 0 Å². The van der Waals surface area contributed by atoms with E-state index in [1.807, 2.05) is 6.07 Å². The normalized spacial score (nSPS) is 11.9. The lowest BCUT2D eigenvalue weighted by atomic mass is 10.0. The van der Waals surface area contributed by atoms with Gasteiger partial charge in [-0.25, -0.2) is 0 Å². The van der Waals surface area contributed by atoms with E-state index in [1.165, 1.54) is 54.5 Å². The Labute approximate surface area is 264 Å². The number of fused-ring (bicyclic) bond motifs is 7. The number of para-hydroxylation sites is 1. The van der Waals surface area contributed by atoms with Crippen molar-refractivity contribution in [1.82, 2.24) is 0 Å². The van der Waals surface area contributed by atoms with Crippen molar-refractivity contribution in [2.75, 3.05) is 4.90 Å². The monoisotopic (exact) mass is 589 g/mol. The lowest BCUT2D eigenvalue weighted by Gasteiger charge is -2.26. The maximum atomic E-state index is 6.52. The first-order chi connectivity index (χ1) is 22.3. The molecule has 3 heteroatoms. The SMILES string of the molecule is c1ccc(-c2ccc(N(c3ccc(-c4ccccc4)cc3)c3ccc4c(c3)-c3c(ccc5c3oc3ccccc35)[Si]4)cc2)cc1. The van der Waals surface area contributed by atoms with Gasteiger partial charge in [-0.3, -0.25) is 0 Å². The average Bonchev–Trinajstić information content (AvgIpc) is 3.68. The molecule has 0 unspecified atom stereocenters. The summed E-state index contributed by atoms with van der Waals surface area (Å²) < 4.78 is 6.52. The molecule has 1 aliphatic rings. The third-order valence-corrected chi connectivity index (χ3v) is 10.2. The summed E-state index contributed by atoms with van der Waals surface area (Å²) in [4.78, 5) is 2.36. The van der Waals surface area contributed by atoms with Crippen molar-refractivity contribution < 1.29 is 4.42 Å². The smallest absolute Gasteiger partial charge is 0.143 e. The van der Waals surface area contributed by atoms with E-state index in [1.54, 1.807) is 0 Å². The Bertz CT molecular complexity index is 2240. The molecule has 2 heterocycles. The van der Waals surface area contributed by atoms with Gasteiger partial charge < -0.3 is 9.32 Å². The number of furan rings is 1. The molecule has 0 atom stereocenters. The fourth-order valence-corrected chi connectivity index (χ4v) is 7.94. The minimum absolute atomic E-state index is 0.610. The molecule has 45 heavy (non-hydrogen) atoms. The Morgan fingerprint density at radius 3 is 1.60 bits per heavy atom. The largest absolute Gasteiger partial charge is 0.455 e. The van der Waals surface area contributed by atoms with Crippen LogP contribution in [-0.4, -0.2) is 9.52 Å². The van der Waals surface area contributed by atoms with E-state index in [0.717, 1.165) is 28.2 Å². The van der Waals surface area contributed by atoms with Gasteiger partial charge in [0.1, 0.15) is 20.7 Å². The second-order valence-corrected chi connectivity index (χ2v) is 12.8. The number of hydrogen-bond donors (Lipinski definition) is 0. The van der Waals surface area contributed by atoms with Gasteiger partial charge in [0.2, 0.25) is 0 Å². The first-order valence-electron chi connectivity index (χ1n) is 15.3. The zero-order valence-electron chi connectivity index (χ0n) is 24.4. The van der Waals surface area contributed by atoms with E-state index in [2.05, 4.69) is 163 Å². The number of benzene rings is 7. The summed E-state index contributed by atoms with van der Waals surface area (Å²) >= 11 is 0. The highest BCUT2D eigenvalue weighted by Gasteiger charge is 2.26. The minimum Gasteiger partial charge on any atom is -0.455 e. The topological polar surface area (TPSA) is 16.4 Å². The summed E-state index contributed by atoms with van der Waals surface area (Å²) in [7, 11) is 0.610. The van der Waals surface area contributed by atoms with Crippen LogP contribution in [0, 0.1) is 0 Å².